The topological polar surface area (TPSA) is 101 Å². The van der Waals surface area contributed by atoms with Gasteiger partial charge in [0.2, 0.25) is 11.8 Å². The largest absolute Gasteiger partial charge is 0.369 e. The average Bonchev–Trinajstić information content (AvgIpc) is 3.36. The second-order valence-corrected chi connectivity index (χ2v) is 7.92. The summed E-state index contributed by atoms with van der Waals surface area (Å²) < 4.78 is 5.64. The third kappa shape index (κ3) is 4.43. The number of aromatic nitrogens is 1. The molecule has 0 saturated carbocycles. The maximum absolute atomic E-state index is 12.5. The third-order valence-electron chi connectivity index (χ3n) is 6.08. The van der Waals surface area contributed by atoms with Crippen LogP contribution < -0.4 is 16.0 Å². The quantitative estimate of drug-likeness (QED) is 0.477. The molecular formula is C21H29N5O3. The number of carbonyl (C=O) groups is 2. The predicted molar refractivity (Wildman–Crippen MR) is 109 cm³/mol. The Hall–Kier alpha value is -2.45. The lowest BCUT2D eigenvalue weighted by molar-refractivity contribution is -0.132. The van der Waals surface area contributed by atoms with Crippen LogP contribution in [0.5, 0.6) is 0 Å². The summed E-state index contributed by atoms with van der Waals surface area (Å²) in [5.74, 6) is -0.604. The van der Waals surface area contributed by atoms with Crippen LogP contribution in [0.15, 0.2) is 36.5 Å². The second-order valence-electron chi connectivity index (χ2n) is 7.92. The Morgan fingerprint density at radius 2 is 1.86 bits per heavy atom. The van der Waals surface area contributed by atoms with E-state index in [-0.39, 0.29) is 18.1 Å². The SMILES string of the molecule is NC(=O)C1C2C=CC(O2)C1C(=O)NCCCCN1CCN(c2ccccn2)CC1. The number of primary amides is 1. The van der Waals surface area contributed by atoms with Crippen LogP contribution in [0.4, 0.5) is 5.82 Å². The lowest BCUT2D eigenvalue weighted by Gasteiger charge is -2.35. The van der Waals surface area contributed by atoms with Crippen molar-refractivity contribution >= 4 is 17.6 Å². The van der Waals surface area contributed by atoms with Crippen LogP contribution in [-0.4, -0.2) is 73.2 Å². The van der Waals surface area contributed by atoms with E-state index in [1.165, 1.54) is 0 Å². The van der Waals surface area contributed by atoms with Gasteiger partial charge in [0, 0.05) is 38.9 Å². The van der Waals surface area contributed by atoms with Crippen LogP contribution in [0, 0.1) is 11.8 Å². The number of ether oxygens (including phenoxy) is 1. The molecule has 2 bridgehead atoms. The third-order valence-corrected chi connectivity index (χ3v) is 6.08. The van der Waals surface area contributed by atoms with E-state index in [4.69, 9.17) is 10.5 Å². The summed E-state index contributed by atoms with van der Waals surface area (Å²) in [5, 5.41) is 2.96. The molecule has 29 heavy (non-hydrogen) atoms. The monoisotopic (exact) mass is 399 g/mol. The lowest BCUT2D eigenvalue weighted by Crippen LogP contribution is -2.47. The number of fused-ring (bicyclic) bond motifs is 2. The van der Waals surface area contributed by atoms with E-state index in [1.807, 2.05) is 30.5 Å². The first-order valence-corrected chi connectivity index (χ1v) is 10.4. The number of carbonyl (C=O) groups excluding carboxylic acids is 2. The Morgan fingerprint density at radius 3 is 2.55 bits per heavy atom. The highest BCUT2D eigenvalue weighted by atomic mass is 16.5. The summed E-state index contributed by atoms with van der Waals surface area (Å²) in [7, 11) is 0. The number of unbranched alkanes of at least 4 members (excludes halogenated alkanes) is 1. The Kier molecular flexibility index (Phi) is 6.10. The highest BCUT2D eigenvalue weighted by Crippen LogP contribution is 2.38. The van der Waals surface area contributed by atoms with Crippen molar-refractivity contribution in [2.45, 2.75) is 25.0 Å². The van der Waals surface area contributed by atoms with Gasteiger partial charge < -0.3 is 20.7 Å². The predicted octanol–water partition coefficient (Wildman–Crippen LogP) is 0.155. The number of hydrogen-bond donors (Lipinski definition) is 2. The number of rotatable bonds is 8. The minimum absolute atomic E-state index is 0.130. The summed E-state index contributed by atoms with van der Waals surface area (Å²) in [6.45, 7) is 5.65. The number of piperazine rings is 1. The molecule has 3 aliphatic rings. The summed E-state index contributed by atoms with van der Waals surface area (Å²) in [5.41, 5.74) is 5.47. The van der Waals surface area contributed by atoms with Gasteiger partial charge in [-0.1, -0.05) is 18.2 Å². The van der Waals surface area contributed by atoms with E-state index in [2.05, 4.69) is 26.2 Å². The number of nitrogens with one attached hydrogen (secondary N) is 1. The highest BCUT2D eigenvalue weighted by Gasteiger charge is 2.52. The Morgan fingerprint density at radius 1 is 1.10 bits per heavy atom. The normalized spacial score (nSPS) is 28.6. The van der Waals surface area contributed by atoms with Crippen molar-refractivity contribution in [3.05, 3.63) is 36.5 Å². The molecule has 3 aliphatic heterocycles. The summed E-state index contributed by atoms with van der Waals surface area (Å²) in [6.07, 6.45) is 6.78. The Balaban J connectivity index is 1.13. The zero-order chi connectivity index (χ0) is 20.2. The molecule has 2 amide bonds. The molecule has 2 saturated heterocycles. The number of amides is 2. The smallest absolute Gasteiger partial charge is 0.227 e. The number of nitrogens with two attached hydrogens (primary N) is 1. The number of hydrogen-bond acceptors (Lipinski definition) is 6. The van der Waals surface area contributed by atoms with Crippen LogP contribution in [0.25, 0.3) is 0 Å². The van der Waals surface area contributed by atoms with Crippen molar-refractivity contribution < 1.29 is 14.3 Å². The molecule has 0 aromatic carbocycles. The van der Waals surface area contributed by atoms with E-state index in [0.29, 0.717) is 6.54 Å². The standard InChI is InChI=1S/C21H29N5O3/c22-20(27)18-15-6-7-16(29-15)19(18)21(28)24-9-3-4-10-25-11-13-26(14-12-25)17-5-1-2-8-23-17/h1-2,5-8,15-16,18-19H,3-4,9-14H2,(H2,22,27)(H,24,28). The zero-order valence-corrected chi connectivity index (χ0v) is 16.6. The molecule has 156 valence electrons. The fourth-order valence-corrected chi connectivity index (χ4v) is 4.49. The number of nitrogens with zero attached hydrogens (tertiary/aromatic N) is 3. The molecule has 0 aliphatic carbocycles. The molecule has 3 N–H and O–H groups in total. The second kappa shape index (κ2) is 8.92. The first-order valence-electron chi connectivity index (χ1n) is 10.4. The van der Waals surface area contributed by atoms with Gasteiger partial charge in [-0.2, -0.15) is 0 Å². The van der Waals surface area contributed by atoms with Gasteiger partial charge in [-0.15, -0.1) is 0 Å². The fraction of sp³-hybridized carbons (Fsp3) is 0.571. The van der Waals surface area contributed by atoms with Crippen molar-refractivity contribution in [1.29, 1.82) is 0 Å². The molecular weight excluding hydrogens is 370 g/mol. The van der Waals surface area contributed by atoms with Gasteiger partial charge in [0.15, 0.2) is 0 Å². The maximum atomic E-state index is 12.5. The van der Waals surface area contributed by atoms with Crippen LogP contribution >= 0.6 is 0 Å². The van der Waals surface area contributed by atoms with E-state index in [1.54, 1.807) is 0 Å². The lowest BCUT2D eigenvalue weighted by atomic mass is 9.82. The van der Waals surface area contributed by atoms with Crippen LogP contribution in [-0.2, 0) is 14.3 Å². The molecule has 4 heterocycles. The average molecular weight is 399 g/mol. The van der Waals surface area contributed by atoms with E-state index in [9.17, 15) is 9.59 Å². The first kappa shape index (κ1) is 19.8. The highest BCUT2D eigenvalue weighted by molar-refractivity contribution is 5.89. The van der Waals surface area contributed by atoms with Gasteiger partial charge in [0.1, 0.15) is 5.82 Å². The van der Waals surface area contributed by atoms with Gasteiger partial charge in [-0.3, -0.25) is 14.5 Å². The van der Waals surface area contributed by atoms with Gasteiger partial charge in [-0.05, 0) is 31.5 Å². The van der Waals surface area contributed by atoms with Crippen molar-refractivity contribution in [3.63, 3.8) is 0 Å². The molecule has 4 atom stereocenters. The van der Waals surface area contributed by atoms with Gasteiger partial charge in [-0.25, -0.2) is 4.98 Å². The zero-order valence-electron chi connectivity index (χ0n) is 16.6. The molecule has 8 nitrogen and oxygen atoms in total. The number of pyridine rings is 1. The molecule has 0 radical (unpaired) electrons. The van der Waals surface area contributed by atoms with E-state index >= 15 is 0 Å². The molecule has 1 aromatic rings. The summed E-state index contributed by atoms with van der Waals surface area (Å²) in [6, 6.07) is 6.01. The van der Waals surface area contributed by atoms with E-state index in [0.717, 1.165) is 51.4 Å². The van der Waals surface area contributed by atoms with Crippen molar-refractivity contribution in [2.75, 3.05) is 44.2 Å². The Labute approximate surface area is 171 Å². The molecule has 4 rings (SSSR count). The van der Waals surface area contributed by atoms with Gasteiger partial charge in [0.25, 0.3) is 0 Å². The summed E-state index contributed by atoms with van der Waals surface area (Å²) >= 11 is 0. The van der Waals surface area contributed by atoms with Gasteiger partial charge >= 0.3 is 0 Å². The van der Waals surface area contributed by atoms with Crippen LogP contribution in [0.1, 0.15) is 12.8 Å². The van der Waals surface area contributed by atoms with Crippen LogP contribution in [0.3, 0.4) is 0 Å². The van der Waals surface area contributed by atoms with E-state index < -0.39 is 17.7 Å². The molecule has 8 heteroatoms. The first-order chi connectivity index (χ1) is 14.1. The van der Waals surface area contributed by atoms with Crippen molar-refractivity contribution in [3.8, 4) is 0 Å². The molecule has 2 fully saturated rings. The minimum atomic E-state index is -0.555. The number of anilines is 1. The molecule has 4 unspecified atom stereocenters. The minimum Gasteiger partial charge on any atom is -0.369 e. The fourth-order valence-electron chi connectivity index (χ4n) is 4.49. The molecule has 1 aromatic heterocycles. The van der Waals surface area contributed by atoms with Gasteiger partial charge in [0.05, 0.1) is 24.0 Å². The van der Waals surface area contributed by atoms with Crippen molar-refractivity contribution in [1.82, 2.24) is 15.2 Å². The summed E-state index contributed by atoms with van der Waals surface area (Å²) in [4.78, 5) is 33.4. The Bertz CT molecular complexity index is 748. The maximum Gasteiger partial charge on any atom is 0.227 e. The van der Waals surface area contributed by atoms with Crippen molar-refractivity contribution in [2.24, 2.45) is 17.6 Å². The molecule has 0 spiro atoms. The van der Waals surface area contributed by atoms with Crippen LogP contribution in [0.2, 0.25) is 0 Å².